The minimum Gasteiger partial charge on any atom is -0.493 e. The average molecular weight is 363 g/mol. The summed E-state index contributed by atoms with van der Waals surface area (Å²) in [5, 5.41) is 6.52. The molecule has 1 aromatic carbocycles. The van der Waals surface area contributed by atoms with Crippen molar-refractivity contribution in [3.05, 3.63) is 28.8 Å². The first-order valence-electron chi connectivity index (χ1n) is 7.56. The molecule has 2 heterocycles. The third-order valence-corrected chi connectivity index (χ3v) is 4.03. The van der Waals surface area contributed by atoms with E-state index in [1.54, 1.807) is 31.7 Å². The number of aromatic nitrogens is 1. The van der Waals surface area contributed by atoms with Gasteiger partial charge in [0.15, 0.2) is 11.5 Å². The van der Waals surface area contributed by atoms with Gasteiger partial charge in [-0.25, -0.2) is 4.98 Å². The zero-order valence-electron chi connectivity index (χ0n) is 13.8. The molecule has 0 spiro atoms. The van der Waals surface area contributed by atoms with Crippen molar-refractivity contribution < 1.29 is 23.7 Å². The minimum absolute atomic E-state index is 0.148. The van der Waals surface area contributed by atoms with Crippen LogP contribution in [0.1, 0.15) is 18.2 Å². The van der Waals surface area contributed by atoms with Gasteiger partial charge in [-0.15, -0.1) is 11.3 Å². The summed E-state index contributed by atoms with van der Waals surface area (Å²) < 4.78 is 20.9. The van der Waals surface area contributed by atoms with Gasteiger partial charge in [0.25, 0.3) is 0 Å². The Kier molecular flexibility index (Phi) is 5.34. The lowest BCUT2D eigenvalue weighted by atomic mass is 10.2. The second kappa shape index (κ2) is 7.84. The van der Waals surface area contributed by atoms with Crippen molar-refractivity contribution in [2.75, 3.05) is 25.9 Å². The lowest BCUT2D eigenvalue weighted by Crippen LogP contribution is -2.07. The monoisotopic (exact) mass is 363 g/mol. The van der Waals surface area contributed by atoms with E-state index >= 15 is 0 Å². The predicted molar refractivity (Wildman–Crippen MR) is 92.8 cm³/mol. The number of anilines is 1. The van der Waals surface area contributed by atoms with E-state index < -0.39 is 0 Å². The Morgan fingerprint density at radius 2 is 2.36 bits per heavy atom. The molecule has 3 rings (SSSR count). The van der Waals surface area contributed by atoms with Gasteiger partial charge < -0.3 is 18.9 Å². The SMILES string of the molecule is CCOC(=O)Cc1csc(NN=Cc2cc(OC)c3c(c2)OCO3)n1. The number of esters is 1. The Balaban J connectivity index is 1.62. The van der Waals surface area contributed by atoms with Crippen molar-refractivity contribution in [3.63, 3.8) is 0 Å². The Bertz CT molecular complexity index is 790. The highest BCUT2D eigenvalue weighted by Gasteiger charge is 2.19. The molecule has 0 fully saturated rings. The van der Waals surface area contributed by atoms with Gasteiger partial charge in [0, 0.05) is 10.9 Å². The number of methoxy groups -OCH3 is 1. The zero-order chi connectivity index (χ0) is 17.6. The maximum atomic E-state index is 11.4. The third kappa shape index (κ3) is 4.18. The Morgan fingerprint density at radius 1 is 1.48 bits per heavy atom. The number of rotatable bonds is 7. The van der Waals surface area contributed by atoms with Crippen LogP contribution in [-0.2, 0) is 16.0 Å². The third-order valence-electron chi connectivity index (χ3n) is 3.24. The molecule has 0 saturated carbocycles. The Labute approximate surface area is 148 Å². The number of benzene rings is 1. The average Bonchev–Trinajstić information content (AvgIpc) is 3.23. The highest BCUT2D eigenvalue weighted by molar-refractivity contribution is 7.13. The number of hydrogen-bond donors (Lipinski definition) is 1. The molecule has 1 aromatic heterocycles. The second-order valence-electron chi connectivity index (χ2n) is 4.95. The molecule has 1 N–H and O–H groups in total. The molecule has 1 aliphatic heterocycles. The van der Waals surface area contributed by atoms with E-state index in [1.807, 2.05) is 6.07 Å². The van der Waals surface area contributed by atoms with Crippen LogP contribution in [0.3, 0.4) is 0 Å². The minimum atomic E-state index is -0.296. The van der Waals surface area contributed by atoms with Crippen LogP contribution in [0, 0.1) is 0 Å². The zero-order valence-corrected chi connectivity index (χ0v) is 14.6. The predicted octanol–water partition coefficient (Wildman–Crippen LogP) is 2.43. The molecule has 0 unspecified atom stereocenters. The summed E-state index contributed by atoms with van der Waals surface area (Å²) in [4.78, 5) is 15.7. The lowest BCUT2D eigenvalue weighted by molar-refractivity contribution is -0.142. The number of thiazole rings is 1. The molecule has 1 aliphatic rings. The molecule has 132 valence electrons. The largest absolute Gasteiger partial charge is 0.493 e. The maximum absolute atomic E-state index is 11.4. The number of hydrazone groups is 1. The van der Waals surface area contributed by atoms with Gasteiger partial charge in [0.2, 0.25) is 17.7 Å². The van der Waals surface area contributed by atoms with Crippen molar-refractivity contribution in [3.8, 4) is 17.2 Å². The summed E-state index contributed by atoms with van der Waals surface area (Å²) in [5.74, 6) is 1.50. The highest BCUT2D eigenvalue weighted by atomic mass is 32.1. The van der Waals surface area contributed by atoms with Gasteiger partial charge >= 0.3 is 5.97 Å². The summed E-state index contributed by atoms with van der Waals surface area (Å²) >= 11 is 1.36. The topological polar surface area (TPSA) is 91.3 Å². The molecular formula is C16H17N3O5S. The number of carbonyl (C=O) groups is 1. The summed E-state index contributed by atoms with van der Waals surface area (Å²) in [6, 6.07) is 3.61. The number of fused-ring (bicyclic) bond motifs is 1. The van der Waals surface area contributed by atoms with E-state index in [0.29, 0.717) is 34.7 Å². The van der Waals surface area contributed by atoms with Gasteiger partial charge in [-0.2, -0.15) is 5.10 Å². The standard InChI is InChI=1S/C16H17N3O5S/c1-3-22-14(20)6-11-8-25-16(18-11)19-17-7-10-4-12(21-2)15-13(5-10)23-9-24-15/h4-5,7-8H,3,6,9H2,1-2H3,(H,18,19). The van der Waals surface area contributed by atoms with Gasteiger partial charge in [0.05, 0.1) is 32.0 Å². The fourth-order valence-electron chi connectivity index (χ4n) is 2.19. The van der Waals surface area contributed by atoms with Crippen molar-refractivity contribution in [2.45, 2.75) is 13.3 Å². The molecule has 0 aliphatic carbocycles. The van der Waals surface area contributed by atoms with Gasteiger partial charge in [-0.1, -0.05) is 0 Å². The van der Waals surface area contributed by atoms with Crippen LogP contribution >= 0.6 is 11.3 Å². The number of ether oxygens (including phenoxy) is 4. The van der Waals surface area contributed by atoms with E-state index in [4.69, 9.17) is 18.9 Å². The molecule has 0 radical (unpaired) electrons. The number of nitrogens with one attached hydrogen (secondary N) is 1. The molecule has 25 heavy (non-hydrogen) atoms. The van der Waals surface area contributed by atoms with E-state index in [2.05, 4.69) is 15.5 Å². The number of carbonyl (C=O) groups excluding carboxylic acids is 1. The Morgan fingerprint density at radius 3 is 3.16 bits per heavy atom. The van der Waals surface area contributed by atoms with Crippen LogP contribution in [0.2, 0.25) is 0 Å². The van der Waals surface area contributed by atoms with Crippen LogP contribution in [0.15, 0.2) is 22.6 Å². The lowest BCUT2D eigenvalue weighted by Gasteiger charge is -2.05. The summed E-state index contributed by atoms with van der Waals surface area (Å²) in [6.07, 6.45) is 1.77. The van der Waals surface area contributed by atoms with Crippen molar-refractivity contribution in [1.82, 2.24) is 4.98 Å². The van der Waals surface area contributed by atoms with Crippen LogP contribution in [0.4, 0.5) is 5.13 Å². The van der Waals surface area contributed by atoms with Crippen molar-refractivity contribution in [1.29, 1.82) is 0 Å². The molecule has 2 aromatic rings. The summed E-state index contributed by atoms with van der Waals surface area (Å²) in [5.41, 5.74) is 4.27. The fraction of sp³-hybridized carbons (Fsp3) is 0.312. The van der Waals surface area contributed by atoms with Crippen LogP contribution in [-0.4, -0.2) is 37.7 Å². The summed E-state index contributed by atoms with van der Waals surface area (Å²) in [6.45, 7) is 2.30. The molecule has 0 amide bonds. The number of nitrogens with zero attached hydrogens (tertiary/aromatic N) is 2. The van der Waals surface area contributed by atoms with Crippen molar-refractivity contribution >= 4 is 28.7 Å². The quantitative estimate of drug-likeness (QED) is 0.459. The molecule has 0 saturated heterocycles. The van der Waals surface area contributed by atoms with E-state index in [9.17, 15) is 4.79 Å². The first kappa shape index (κ1) is 17.0. The maximum Gasteiger partial charge on any atom is 0.311 e. The molecule has 0 bridgehead atoms. The fourth-order valence-corrected chi connectivity index (χ4v) is 2.84. The Hall–Kier alpha value is -2.81. The first-order chi connectivity index (χ1) is 12.2. The molecule has 9 heteroatoms. The normalized spacial score (nSPS) is 12.4. The van der Waals surface area contributed by atoms with E-state index in [0.717, 1.165) is 5.56 Å². The molecular weight excluding hydrogens is 346 g/mol. The van der Waals surface area contributed by atoms with Gasteiger partial charge in [-0.05, 0) is 19.1 Å². The van der Waals surface area contributed by atoms with Gasteiger partial charge in [-0.3, -0.25) is 10.2 Å². The highest BCUT2D eigenvalue weighted by Crippen LogP contribution is 2.41. The molecule has 0 atom stereocenters. The van der Waals surface area contributed by atoms with Crippen LogP contribution in [0.25, 0.3) is 0 Å². The van der Waals surface area contributed by atoms with Crippen LogP contribution in [0.5, 0.6) is 17.2 Å². The van der Waals surface area contributed by atoms with E-state index in [1.165, 1.54) is 11.3 Å². The van der Waals surface area contributed by atoms with Crippen LogP contribution < -0.4 is 19.6 Å². The summed E-state index contributed by atoms with van der Waals surface area (Å²) in [7, 11) is 1.57. The smallest absolute Gasteiger partial charge is 0.311 e. The second-order valence-corrected chi connectivity index (χ2v) is 5.81. The van der Waals surface area contributed by atoms with Gasteiger partial charge in [0.1, 0.15) is 0 Å². The first-order valence-corrected chi connectivity index (χ1v) is 8.44. The van der Waals surface area contributed by atoms with Crippen molar-refractivity contribution in [2.24, 2.45) is 5.10 Å². The molecule has 8 nitrogen and oxygen atoms in total. The van der Waals surface area contributed by atoms with E-state index in [-0.39, 0.29) is 19.2 Å². The number of hydrogen-bond acceptors (Lipinski definition) is 9.